The summed E-state index contributed by atoms with van der Waals surface area (Å²) in [7, 11) is 3.60. The number of carbonyl (C=O) groups excluding carboxylic acids is 2. The summed E-state index contributed by atoms with van der Waals surface area (Å²) in [5.74, 6) is 0.000798. The van der Waals surface area contributed by atoms with Crippen LogP contribution in [0.2, 0.25) is 0 Å². The third kappa shape index (κ3) is 5.24. The number of ether oxygens (including phenoxy) is 1. The summed E-state index contributed by atoms with van der Waals surface area (Å²) < 4.78 is 5.54. The van der Waals surface area contributed by atoms with Crippen LogP contribution < -0.4 is 5.32 Å². The van der Waals surface area contributed by atoms with Gasteiger partial charge in [-0.2, -0.15) is 0 Å². The number of nitrogens with one attached hydrogen (secondary N) is 1. The molecule has 8 heteroatoms. The number of aryl methyl sites for hydroxylation is 1. The Balaban J connectivity index is 1.58. The molecule has 3 rings (SSSR count). The first-order valence-electron chi connectivity index (χ1n) is 10.1. The van der Waals surface area contributed by atoms with Gasteiger partial charge in [0, 0.05) is 70.4 Å². The second-order valence-corrected chi connectivity index (χ2v) is 9.10. The molecule has 1 unspecified atom stereocenters. The minimum atomic E-state index is 0.000798. The van der Waals surface area contributed by atoms with Gasteiger partial charge in [0.05, 0.1) is 4.88 Å². The molecule has 0 aliphatic carbocycles. The van der Waals surface area contributed by atoms with Gasteiger partial charge in [0.25, 0.3) is 5.91 Å². The molecule has 156 valence electrons. The van der Waals surface area contributed by atoms with E-state index in [0.717, 1.165) is 61.9 Å². The number of likely N-dealkylation sites (tertiary alicyclic amines) is 1. The third-order valence-corrected chi connectivity index (χ3v) is 6.56. The van der Waals surface area contributed by atoms with Gasteiger partial charge in [-0.25, -0.2) is 4.79 Å². The Morgan fingerprint density at radius 2 is 1.96 bits per heavy atom. The second-order valence-electron chi connectivity index (χ2n) is 7.81. The highest BCUT2D eigenvalue weighted by Gasteiger charge is 2.34. The molecule has 1 N–H and O–H groups in total. The molecule has 28 heavy (non-hydrogen) atoms. The number of nitrogens with zero attached hydrogens (tertiary/aromatic N) is 3. The predicted molar refractivity (Wildman–Crippen MR) is 111 cm³/mol. The topological polar surface area (TPSA) is 65.1 Å². The maximum Gasteiger partial charge on any atom is 0.319 e. The molecule has 0 aromatic carbocycles. The summed E-state index contributed by atoms with van der Waals surface area (Å²) in [5, 5.41) is 3.07. The first-order chi connectivity index (χ1) is 13.5. The van der Waals surface area contributed by atoms with E-state index in [-0.39, 0.29) is 11.9 Å². The standard InChI is InChI=1S/C20H32N4O3S/c1-15-4-5-18(28-15)19(25)21-9-11-24(16-7-12-27-13-8-16)17-6-10-23(14-17)20(26)22(2)3/h4-5,16-17H,6-14H2,1-3H3,(H,21,25). The zero-order chi connectivity index (χ0) is 20.1. The molecule has 0 radical (unpaired) electrons. The Morgan fingerprint density at radius 1 is 1.21 bits per heavy atom. The maximum absolute atomic E-state index is 12.4. The minimum absolute atomic E-state index is 0.000798. The van der Waals surface area contributed by atoms with Crippen LogP contribution in [0.4, 0.5) is 4.79 Å². The summed E-state index contributed by atoms with van der Waals surface area (Å²) in [6.45, 7) is 6.55. The van der Waals surface area contributed by atoms with Crippen LogP contribution in [0.3, 0.4) is 0 Å². The molecule has 1 atom stereocenters. The van der Waals surface area contributed by atoms with Crippen LogP contribution >= 0.6 is 11.3 Å². The molecule has 0 bridgehead atoms. The molecule has 2 aliphatic heterocycles. The number of carbonyl (C=O) groups is 2. The van der Waals surface area contributed by atoms with Gasteiger partial charge in [-0.05, 0) is 38.3 Å². The summed E-state index contributed by atoms with van der Waals surface area (Å²) in [4.78, 5) is 32.7. The SMILES string of the molecule is Cc1ccc(C(=O)NCCN(C2CCOCC2)C2CCN(C(=O)N(C)C)C2)s1. The highest BCUT2D eigenvalue weighted by molar-refractivity contribution is 7.13. The van der Waals surface area contributed by atoms with Crippen molar-refractivity contribution in [1.82, 2.24) is 20.0 Å². The van der Waals surface area contributed by atoms with Gasteiger partial charge in [-0.15, -0.1) is 11.3 Å². The molecule has 0 spiro atoms. The molecule has 2 aliphatic rings. The van der Waals surface area contributed by atoms with Crippen molar-refractivity contribution < 1.29 is 14.3 Å². The van der Waals surface area contributed by atoms with Gasteiger partial charge in [0.2, 0.25) is 0 Å². The first-order valence-corrected chi connectivity index (χ1v) is 10.9. The molecule has 1 aromatic rings. The van der Waals surface area contributed by atoms with Crippen LogP contribution in [0.5, 0.6) is 0 Å². The fourth-order valence-corrected chi connectivity index (χ4v) is 4.88. The van der Waals surface area contributed by atoms with E-state index in [1.807, 2.05) is 24.0 Å². The first kappa shape index (κ1) is 21.1. The number of urea groups is 1. The van der Waals surface area contributed by atoms with Gasteiger partial charge in [-0.3, -0.25) is 9.69 Å². The summed E-state index contributed by atoms with van der Waals surface area (Å²) >= 11 is 1.52. The molecular formula is C20H32N4O3S. The number of thiophene rings is 1. The second kappa shape index (κ2) is 9.71. The van der Waals surface area contributed by atoms with E-state index in [1.165, 1.54) is 11.3 Å². The van der Waals surface area contributed by atoms with Crippen LogP contribution in [0.15, 0.2) is 12.1 Å². The Labute approximate surface area is 171 Å². The number of hydrogen-bond donors (Lipinski definition) is 1. The van der Waals surface area contributed by atoms with Crippen molar-refractivity contribution in [3.8, 4) is 0 Å². The molecule has 7 nitrogen and oxygen atoms in total. The molecule has 3 amide bonds. The lowest BCUT2D eigenvalue weighted by molar-refractivity contribution is 0.0188. The van der Waals surface area contributed by atoms with Crippen molar-refractivity contribution in [2.45, 2.75) is 38.3 Å². The summed E-state index contributed by atoms with van der Waals surface area (Å²) in [6.07, 6.45) is 3.00. The Kier molecular flexibility index (Phi) is 7.31. The van der Waals surface area contributed by atoms with Crippen LogP contribution in [0.25, 0.3) is 0 Å². The van der Waals surface area contributed by atoms with E-state index in [0.29, 0.717) is 18.6 Å². The monoisotopic (exact) mass is 408 g/mol. The summed E-state index contributed by atoms with van der Waals surface area (Å²) in [5.41, 5.74) is 0. The lowest BCUT2D eigenvalue weighted by atomic mass is 10.0. The van der Waals surface area contributed by atoms with Crippen LogP contribution in [0.1, 0.15) is 33.8 Å². The average Bonchev–Trinajstić information content (AvgIpc) is 3.34. The predicted octanol–water partition coefficient (Wildman–Crippen LogP) is 2.02. The van der Waals surface area contributed by atoms with Crippen molar-refractivity contribution >= 4 is 23.3 Å². The fraction of sp³-hybridized carbons (Fsp3) is 0.700. The maximum atomic E-state index is 12.4. The van der Waals surface area contributed by atoms with E-state index in [9.17, 15) is 9.59 Å². The largest absolute Gasteiger partial charge is 0.381 e. The average molecular weight is 409 g/mol. The molecule has 2 saturated heterocycles. The van der Waals surface area contributed by atoms with Crippen molar-refractivity contribution in [2.24, 2.45) is 0 Å². The van der Waals surface area contributed by atoms with E-state index in [4.69, 9.17) is 4.74 Å². The van der Waals surface area contributed by atoms with E-state index in [2.05, 4.69) is 10.2 Å². The minimum Gasteiger partial charge on any atom is -0.381 e. The molecule has 2 fully saturated rings. The molecule has 0 saturated carbocycles. The zero-order valence-electron chi connectivity index (χ0n) is 17.1. The van der Waals surface area contributed by atoms with E-state index < -0.39 is 0 Å². The fourth-order valence-electron chi connectivity index (χ4n) is 4.09. The Morgan fingerprint density at radius 3 is 2.61 bits per heavy atom. The number of hydrogen-bond acceptors (Lipinski definition) is 5. The number of amides is 3. The molecule has 1 aromatic heterocycles. The van der Waals surface area contributed by atoms with Crippen molar-refractivity contribution in [3.05, 3.63) is 21.9 Å². The molecular weight excluding hydrogens is 376 g/mol. The van der Waals surface area contributed by atoms with Crippen LogP contribution in [-0.4, -0.2) is 92.2 Å². The zero-order valence-corrected chi connectivity index (χ0v) is 18.0. The van der Waals surface area contributed by atoms with E-state index >= 15 is 0 Å². The van der Waals surface area contributed by atoms with Gasteiger partial charge in [0.15, 0.2) is 0 Å². The van der Waals surface area contributed by atoms with Gasteiger partial charge in [-0.1, -0.05) is 0 Å². The van der Waals surface area contributed by atoms with Crippen molar-refractivity contribution in [2.75, 3.05) is 53.5 Å². The smallest absolute Gasteiger partial charge is 0.319 e. The lowest BCUT2D eigenvalue weighted by Crippen LogP contribution is -2.50. The van der Waals surface area contributed by atoms with Gasteiger partial charge >= 0.3 is 6.03 Å². The third-order valence-electron chi connectivity index (χ3n) is 5.57. The number of rotatable bonds is 6. The molecule has 3 heterocycles. The highest BCUT2D eigenvalue weighted by Crippen LogP contribution is 2.23. The van der Waals surface area contributed by atoms with Crippen molar-refractivity contribution in [3.63, 3.8) is 0 Å². The quantitative estimate of drug-likeness (QED) is 0.782. The lowest BCUT2D eigenvalue weighted by Gasteiger charge is -2.38. The normalized spacial score (nSPS) is 20.6. The van der Waals surface area contributed by atoms with Crippen molar-refractivity contribution in [1.29, 1.82) is 0 Å². The Bertz CT molecular complexity index is 672. The van der Waals surface area contributed by atoms with Crippen LogP contribution in [0, 0.1) is 6.92 Å². The van der Waals surface area contributed by atoms with Crippen LogP contribution in [-0.2, 0) is 4.74 Å². The van der Waals surface area contributed by atoms with Gasteiger partial charge < -0.3 is 19.9 Å². The van der Waals surface area contributed by atoms with Gasteiger partial charge in [0.1, 0.15) is 0 Å². The van der Waals surface area contributed by atoms with E-state index in [1.54, 1.807) is 19.0 Å². The Hall–Kier alpha value is -1.64. The highest BCUT2D eigenvalue weighted by atomic mass is 32.1. The summed E-state index contributed by atoms with van der Waals surface area (Å²) in [6, 6.07) is 4.73.